The van der Waals surface area contributed by atoms with Gasteiger partial charge in [0.15, 0.2) is 5.11 Å². The normalized spacial score (nSPS) is 10.2. The van der Waals surface area contributed by atoms with Crippen molar-refractivity contribution in [1.82, 2.24) is 5.32 Å². The largest absolute Gasteiger partial charge is 0.462 e. The fourth-order valence-electron chi connectivity index (χ4n) is 5.07. The molecule has 0 aliphatic heterocycles. The van der Waals surface area contributed by atoms with Gasteiger partial charge in [0.05, 0.1) is 24.3 Å². The van der Waals surface area contributed by atoms with Crippen LogP contribution in [0.2, 0.25) is 0 Å². The first-order chi connectivity index (χ1) is 27.1. The predicted octanol–water partition coefficient (Wildman–Crippen LogP) is 10.4. The number of thiocarbonyl (C=S) groups is 1. The van der Waals surface area contributed by atoms with E-state index in [2.05, 4.69) is 17.6 Å². The maximum Gasteiger partial charge on any atom is 0.338 e. The Balaban J connectivity index is 0.000000213. The van der Waals surface area contributed by atoms with E-state index >= 15 is 0 Å². The van der Waals surface area contributed by atoms with E-state index in [0.29, 0.717) is 46.8 Å². The number of nitrogens with two attached hydrogens (primary N) is 1. The monoisotopic (exact) mass is 789 g/mol. The lowest BCUT2D eigenvalue weighted by molar-refractivity contribution is 0.0490. The van der Waals surface area contributed by atoms with E-state index in [1.165, 1.54) is 0 Å². The van der Waals surface area contributed by atoms with Gasteiger partial charge in [-0.2, -0.15) is 0 Å². The van der Waals surface area contributed by atoms with Gasteiger partial charge < -0.3 is 20.5 Å². The van der Waals surface area contributed by atoms with Crippen LogP contribution in [-0.4, -0.2) is 41.4 Å². The molecule has 1 amide bonds. The van der Waals surface area contributed by atoms with E-state index in [-0.39, 0.29) is 23.0 Å². The molecule has 0 saturated heterocycles. The van der Waals surface area contributed by atoms with Crippen molar-refractivity contribution in [3.05, 3.63) is 156 Å². The molecular weight excluding hydrogens is 746 g/mol. The number of halogens is 1. The Bertz CT molecular complexity index is 2260. The Morgan fingerprint density at radius 3 is 1.50 bits per heavy atom. The number of nitrogen functional groups attached to an aromatic ring is 1. The average Bonchev–Trinajstić information content (AvgIpc) is 3.21. The first-order valence-electron chi connectivity index (χ1n) is 18.2. The number of fused-ring (bicyclic) bond motifs is 2. The second-order valence-electron chi connectivity index (χ2n) is 12.5. The van der Waals surface area contributed by atoms with Crippen molar-refractivity contribution in [2.75, 3.05) is 24.3 Å². The van der Waals surface area contributed by atoms with Crippen molar-refractivity contribution in [1.29, 1.82) is 0 Å². The van der Waals surface area contributed by atoms with Crippen molar-refractivity contribution in [3.8, 4) is 0 Å². The molecule has 0 fully saturated rings. The van der Waals surface area contributed by atoms with Crippen LogP contribution in [0.25, 0.3) is 21.5 Å². The van der Waals surface area contributed by atoms with Crippen molar-refractivity contribution < 1.29 is 28.7 Å². The minimum absolute atomic E-state index is 0.182. The minimum Gasteiger partial charge on any atom is -0.462 e. The molecule has 9 nitrogen and oxygen atoms in total. The number of amides is 1. The molecule has 0 radical (unpaired) electrons. The third kappa shape index (κ3) is 13.6. The topological polar surface area (TPSA) is 137 Å². The van der Waals surface area contributed by atoms with Crippen molar-refractivity contribution in [3.63, 3.8) is 0 Å². The van der Waals surface area contributed by atoms with E-state index in [1.54, 1.807) is 66.7 Å². The van der Waals surface area contributed by atoms with Crippen LogP contribution in [0.4, 0.5) is 11.4 Å². The van der Waals surface area contributed by atoms with Crippen LogP contribution in [0.1, 0.15) is 81.0 Å². The second-order valence-corrected chi connectivity index (χ2v) is 13.2. The summed E-state index contributed by atoms with van der Waals surface area (Å²) in [5.74, 6) is -0.917. The zero-order valence-electron chi connectivity index (χ0n) is 31.3. The van der Waals surface area contributed by atoms with Crippen LogP contribution in [0.3, 0.4) is 0 Å². The van der Waals surface area contributed by atoms with Crippen molar-refractivity contribution in [2.24, 2.45) is 0 Å². The third-order valence-electron chi connectivity index (χ3n) is 8.20. The second kappa shape index (κ2) is 22.3. The zero-order chi connectivity index (χ0) is 40.3. The molecule has 4 N–H and O–H groups in total. The molecule has 0 saturated carbocycles. The van der Waals surface area contributed by atoms with Gasteiger partial charge in [-0.3, -0.25) is 14.9 Å². The molecule has 6 aromatic rings. The van der Waals surface area contributed by atoms with Crippen molar-refractivity contribution >= 4 is 84.9 Å². The van der Waals surface area contributed by atoms with E-state index in [4.69, 9.17) is 39.0 Å². The minimum atomic E-state index is -0.411. The van der Waals surface area contributed by atoms with Gasteiger partial charge in [-0.1, -0.05) is 87.4 Å². The highest BCUT2D eigenvalue weighted by atomic mass is 35.5. The Kier molecular flexibility index (Phi) is 17.0. The van der Waals surface area contributed by atoms with E-state index in [0.717, 1.165) is 47.2 Å². The third-order valence-corrected chi connectivity index (χ3v) is 8.62. The number of anilines is 2. The van der Waals surface area contributed by atoms with Gasteiger partial charge in [-0.05, 0) is 131 Å². The molecule has 0 aliphatic rings. The number of rotatable bonds is 11. The molecule has 0 atom stereocenters. The SMILES string of the molecule is CCCCOC(=O)c1ccc(N)cc1.CCCCOC(=O)c1ccc(NC(=S)NC(=O)c2ccc3ccccc3c2)cc1.O=C(Cl)c1ccc2ccccc2c1. The van der Waals surface area contributed by atoms with Crippen LogP contribution < -0.4 is 16.4 Å². The van der Waals surface area contributed by atoms with Crippen molar-refractivity contribution in [2.45, 2.75) is 39.5 Å². The standard InChI is InChI=1S/C23H22N2O3S.C11H7ClO.C11H15NO2/c1-2-3-14-28-22(27)17-10-12-20(13-11-17)24-23(29)25-21(26)19-9-8-16-6-4-5-7-18(16)15-19;12-11(13)10-6-5-8-3-1-2-4-9(8)7-10;1-2-3-8-14-11(13)9-4-6-10(12)7-5-9/h4-13,15H,2-3,14H2,1H3,(H2,24,25,26,29);1-7H;4-7H,2-3,8,12H2,1H3. The van der Waals surface area contributed by atoms with Gasteiger partial charge in [0, 0.05) is 22.5 Å². The Labute approximate surface area is 337 Å². The average molecular weight is 790 g/mol. The van der Waals surface area contributed by atoms with E-state index in [9.17, 15) is 19.2 Å². The Morgan fingerprint density at radius 2 is 1.02 bits per heavy atom. The maximum atomic E-state index is 12.5. The van der Waals surface area contributed by atoms with Crippen LogP contribution >= 0.6 is 23.8 Å². The van der Waals surface area contributed by atoms with Gasteiger partial charge in [0.2, 0.25) is 0 Å². The fraction of sp³-hybridized carbons (Fsp3) is 0.178. The molecule has 56 heavy (non-hydrogen) atoms. The number of ether oxygens (including phenoxy) is 2. The summed E-state index contributed by atoms with van der Waals surface area (Å²) in [7, 11) is 0. The zero-order valence-corrected chi connectivity index (χ0v) is 32.8. The van der Waals surface area contributed by atoms with E-state index < -0.39 is 5.24 Å². The number of hydrogen-bond acceptors (Lipinski definition) is 8. The van der Waals surface area contributed by atoms with Gasteiger partial charge in [-0.15, -0.1) is 0 Å². The molecule has 6 rings (SSSR count). The first-order valence-corrected chi connectivity index (χ1v) is 19.0. The summed E-state index contributed by atoms with van der Waals surface area (Å²) in [6.07, 6.45) is 3.74. The molecule has 6 aromatic carbocycles. The lowest BCUT2D eigenvalue weighted by Crippen LogP contribution is -2.34. The van der Waals surface area contributed by atoms with Crippen LogP contribution in [0.15, 0.2) is 133 Å². The molecule has 0 unspecified atom stereocenters. The fourth-order valence-corrected chi connectivity index (χ4v) is 5.40. The Morgan fingerprint density at radius 1 is 0.589 bits per heavy atom. The molecule has 0 heterocycles. The highest BCUT2D eigenvalue weighted by molar-refractivity contribution is 7.80. The number of unbranched alkanes of at least 4 members (excludes halogenated alkanes) is 2. The molecule has 0 bridgehead atoms. The van der Waals surface area contributed by atoms with Gasteiger partial charge >= 0.3 is 11.9 Å². The summed E-state index contributed by atoms with van der Waals surface area (Å²) >= 11 is 10.6. The number of nitrogens with one attached hydrogen (secondary N) is 2. The number of carbonyl (C=O) groups excluding carboxylic acids is 4. The molecular formula is C45H44ClN3O6S. The maximum absolute atomic E-state index is 12.5. The highest BCUT2D eigenvalue weighted by Gasteiger charge is 2.11. The number of carbonyl (C=O) groups is 4. The van der Waals surface area contributed by atoms with Gasteiger partial charge in [-0.25, -0.2) is 9.59 Å². The lowest BCUT2D eigenvalue weighted by Gasteiger charge is -2.11. The summed E-state index contributed by atoms with van der Waals surface area (Å²) < 4.78 is 10.2. The smallest absolute Gasteiger partial charge is 0.338 e. The Hall–Kier alpha value is -6.10. The van der Waals surface area contributed by atoms with Gasteiger partial charge in [0.1, 0.15) is 0 Å². The summed E-state index contributed by atoms with van der Waals surface area (Å²) in [6, 6.07) is 40.1. The summed E-state index contributed by atoms with van der Waals surface area (Å²) in [6.45, 7) is 4.99. The summed E-state index contributed by atoms with van der Waals surface area (Å²) in [5, 5.41) is 9.59. The lowest BCUT2D eigenvalue weighted by atomic mass is 10.1. The molecule has 288 valence electrons. The quantitative estimate of drug-likeness (QED) is 0.0385. The number of esters is 2. The molecule has 0 aliphatic carbocycles. The number of hydrogen-bond donors (Lipinski definition) is 3. The summed E-state index contributed by atoms with van der Waals surface area (Å²) in [4.78, 5) is 46.6. The summed E-state index contributed by atoms with van der Waals surface area (Å²) in [5.41, 5.74) is 8.90. The molecule has 11 heteroatoms. The highest BCUT2D eigenvalue weighted by Crippen LogP contribution is 2.18. The first kappa shape index (κ1) is 42.6. The van der Waals surface area contributed by atoms with Crippen LogP contribution in [-0.2, 0) is 9.47 Å². The van der Waals surface area contributed by atoms with E-state index in [1.807, 2.05) is 73.7 Å². The molecule has 0 aromatic heterocycles. The van der Waals surface area contributed by atoms with Crippen LogP contribution in [0.5, 0.6) is 0 Å². The predicted molar refractivity (Wildman–Crippen MR) is 229 cm³/mol. The van der Waals surface area contributed by atoms with Crippen LogP contribution in [0, 0.1) is 0 Å². The van der Waals surface area contributed by atoms with Gasteiger partial charge in [0.25, 0.3) is 11.1 Å². The molecule has 0 spiro atoms. The number of benzene rings is 6.